The molecule has 0 bridgehead atoms. The maximum atomic E-state index is 11.2. The van der Waals surface area contributed by atoms with Crippen molar-refractivity contribution in [1.82, 2.24) is 10.3 Å². The molecule has 1 N–H and O–H groups in total. The van der Waals surface area contributed by atoms with Crippen LogP contribution in [0.15, 0.2) is 18.3 Å². The lowest BCUT2D eigenvalue weighted by Gasteiger charge is -2.23. The van der Waals surface area contributed by atoms with Gasteiger partial charge in [0.25, 0.3) is 0 Å². The van der Waals surface area contributed by atoms with Crippen molar-refractivity contribution in [3.05, 3.63) is 23.9 Å². The fourth-order valence-electron chi connectivity index (χ4n) is 1.77. The highest BCUT2D eigenvalue weighted by atomic mass is 16.5. The number of hydrogen-bond donors (Lipinski definition) is 1. The Morgan fingerprint density at radius 1 is 1.41 bits per heavy atom. The summed E-state index contributed by atoms with van der Waals surface area (Å²) in [6.07, 6.45) is 3.66. The molecular weight excluding hydrogens is 220 g/mol. The van der Waals surface area contributed by atoms with E-state index in [2.05, 4.69) is 15.0 Å². The number of esters is 1. The van der Waals surface area contributed by atoms with Crippen molar-refractivity contribution >= 4 is 5.97 Å². The van der Waals surface area contributed by atoms with Gasteiger partial charge >= 0.3 is 5.97 Å². The summed E-state index contributed by atoms with van der Waals surface area (Å²) in [6, 6.07) is 3.36. The van der Waals surface area contributed by atoms with Crippen LogP contribution in [0.3, 0.4) is 0 Å². The molecule has 0 radical (unpaired) electrons. The van der Waals surface area contributed by atoms with Gasteiger partial charge in [0.2, 0.25) is 5.88 Å². The predicted molar refractivity (Wildman–Crippen MR) is 62.1 cm³/mol. The SMILES string of the molecule is COC(=O)c1ccc(OC2CCNCC2)nc1. The smallest absolute Gasteiger partial charge is 0.339 e. The van der Waals surface area contributed by atoms with Crippen LogP contribution in [-0.4, -0.2) is 37.3 Å². The van der Waals surface area contributed by atoms with Crippen LogP contribution < -0.4 is 10.1 Å². The third-order valence-corrected chi connectivity index (χ3v) is 2.73. The molecule has 92 valence electrons. The number of aromatic nitrogens is 1. The molecule has 0 unspecified atom stereocenters. The van der Waals surface area contributed by atoms with E-state index in [1.807, 2.05) is 0 Å². The summed E-state index contributed by atoms with van der Waals surface area (Å²) in [4.78, 5) is 15.3. The van der Waals surface area contributed by atoms with Crippen molar-refractivity contribution in [1.29, 1.82) is 0 Å². The number of piperidine rings is 1. The highest BCUT2D eigenvalue weighted by molar-refractivity contribution is 5.88. The first kappa shape index (κ1) is 11.9. The number of hydrogen-bond acceptors (Lipinski definition) is 5. The number of pyridine rings is 1. The topological polar surface area (TPSA) is 60.5 Å². The standard InChI is InChI=1S/C12H16N2O3/c1-16-12(15)9-2-3-11(14-8-9)17-10-4-6-13-7-5-10/h2-3,8,10,13H,4-7H2,1H3. The van der Waals surface area contributed by atoms with Crippen LogP contribution in [0.25, 0.3) is 0 Å². The lowest BCUT2D eigenvalue weighted by Crippen LogP contribution is -2.34. The highest BCUT2D eigenvalue weighted by Crippen LogP contribution is 2.14. The Labute approximate surface area is 100 Å². The summed E-state index contributed by atoms with van der Waals surface area (Å²) >= 11 is 0. The molecule has 17 heavy (non-hydrogen) atoms. The van der Waals surface area contributed by atoms with Crippen LogP contribution in [0.1, 0.15) is 23.2 Å². The third-order valence-electron chi connectivity index (χ3n) is 2.73. The van der Waals surface area contributed by atoms with Crippen molar-refractivity contribution in [2.45, 2.75) is 18.9 Å². The van der Waals surface area contributed by atoms with Gasteiger partial charge in [-0.1, -0.05) is 0 Å². The molecule has 2 rings (SSSR count). The van der Waals surface area contributed by atoms with E-state index in [1.165, 1.54) is 13.3 Å². The molecule has 1 aliphatic heterocycles. The number of ether oxygens (including phenoxy) is 2. The molecule has 1 aromatic rings. The van der Waals surface area contributed by atoms with Crippen molar-refractivity contribution < 1.29 is 14.3 Å². The van der Waals surface area contributed by atoms with Gasteiger partial charge in [-0.05, 0) is 32.0 Å². The zero-order valence-electron chi connectivity index (χ0n) is 9.81. The van der Waals surface area contributed by atoms with E-state index in [0.29, 0.717) is 11.4 Å². The molecule has 0 saturated carbocycles. The van der Waals surface area contributed by atoms with Crippen LogP contribution in [0.2, 0.25) is 0 Å². The van der Waals surface area contributed by atoms with E-state index in [4.69, 9.17) is 4.74 Å². The summed E-state index contributed by atoms with van der Waals surface area (Å²) in [5.74, 6) is 0.176. The zero-order chi connectivity index (χ0) is 12.1. The van der Waals surface area contributed by atoms with Gasteiger partial charge < -0.3 is 14.8 Å². The first-order valence-corrected chi connectivity index (χ1v) is 5.71. The Kier molecular flexibility index (Phi) is 3.93. The lowest BCUT2D eigenvalue weighted by atomic mass is 10.1. The summed E-state index contributed by atoms with van der Waals surface area (Å²) in [5, 5.41) is 3.27. The first-order valence-electron chi connectivity index (χ1n) is 5.71. The maximum Gasteiger partial charge on any atom is 0.339 e. The minimum Gasteiger partial charge on any atom is -0.474 e. The number of rotatable bonds is 3. The maximum absolute atomic E-state index is 11.2. The molecule has 0 atom stereocenters. The van der Waals surface area contributed by atoms with Gasteiger partial charge in [0, 0.05) is 12.3 Å². The second kappa shape index (κ2) is 5.63. The number of nitrogens with zero attached hydrogens (tertiary/aromatic N) is 1. The molecular formula is C12H16N2O3. The van der Waals surface area contributed by atoms with Gasteiger partial charge in [-0.3, -0.25) is 0 Å². The number of carbonyl (C=O) groups excluding carboxylic acids is 1. The van der Waals surface area contributed by atoms with Gasteiger partial charge in [-0.2, -0.15) is 0 Å². The van der Waals surface area contributed by atoms with E-state index in [9.17, 15) is 4.79 Å². The van der Waals surface area contributed by atoms with Crippen molar-refractivity contribution in [3.63, 3.8) is 0 Å². The Bertz CT molecular complexity index is 372. The van der Waals surface area contributed by atoms with Crippen LogP contribution in [0, 0.1) is 0 Å². The largest absolute Gasteiger partial charge is 0.474 e. The van der Waals surface area contributed by atoms with Gasteiger partial charge in [0.05, 0.1) is 12.7 Å². The van der Waals surface area contributed by atoms with E-state index < -0.39 is 0 Å². The Morgan fingerprint density at radius 3 is 2.76 bits per heavy atom. The molecule has 1 aliphatic rings. The van der Waals surface area contributed by atoms with E-state index in [-0.39, 0.29) is 12.1 Å². The van der Waals surface area contributed by atoms with Crippen LogP contribution in [0.5, 0.6) is 5.88 Å². The van der Waals surface area contributed by atoms with E-state index >= 15 is 0 Å². The molecule has 1 saturated heterocycles. The molecule has 0 aliphatic carbocycles. The molecule has 0 spiro atoms. The van der Waals surface area contributed by atoms with Crippen LogP contribution >= 0.6 is 0 Å². The molecule has 5 heteroatoms. The minimum atomic E-state index is -0.383. The number of nitrogens with one attached hydrogen (secondary N) is 1. The van der Waals surface area contributed by atoms with Crippen molar-refractivity contribution in [3.8, 4) is 5.88 Å². The average molecular weight is 236 g/mol. The molecule has 2 heterocycles. The summed E-state index contributed by atoms with van der Waals surface area (Å²) in [5.41, 5.74) is 0.435. The van der Waals surface area contributed by atoms with Crippen molar-refractivity contribution in [2.75, 3.05) is 20.2 Å². The van der Waals surface area contributed by atoms with E-state index in [1.54, 1.807) is 12.1 Å². The third kappa shape index (κ3) is 3.17. The second-order valence-electron chi connectivity index (χ2n) is 3.94. The van der Waals surface area contributed by atoms with E-state index in [0.717, 1.165) is 25.9 Å². The number of carbonyl (C=O) groups is 1. The van der Waals surface area contributed by atoms with Crippen LogP contribution in [0.4, 0.5) is 0 Å². The molecule has 0 aromatic carbocycles. The highest BCUT2D eigenvalue weighted by Gasteiger charge is 2.15. The normalized spacial score (nSPS) is 16.5. The monoisotopic (exact) mass is 236 g/mol. The van der Waals surface area contributed by atoms with Crippen LogP contribution in [-0.2, 0) is 4.74 Å². The predicted octanol–water partition coefficient (Wildman–Crippen LogP) is 0.999. The first-order chi connectivity index (χ1) is 8.29. The summed E-state index contributed by atoms with van der Waals surface area (Å²) in [7, 11) is 1.35. The quantitative estimate of drug-likeness (QED) is 0.793. The fourth-order valence-corrected chi connectivity index (χ4v) is 1.77. The summed E-state index contributed by atoms with van der Waals surface area (Å²) < 4.78 is 10.3. The Morgan fingerprint density at radius 2 is 2.18 bits per heavy atom. The Balaban J connectivity index is 1.95. The average Bonchev–Trinajstić information content (AvgIpc) is 2.40. The van der Waals surface area contributed by atoms with Gasteiger partial charge in [-0.15, -0.1) is 0 Å². The Hall–Kier alpha value is -1.62. The van der Waals surface area contributed by atoms with Gasteiger partial charge in [0.15, 0.2) is 0 Å². The zero-order valence-corrected chi connectivity index (χ0v) is 9.81. The molecule has 5 nitrogen and oxygen atoms in total. The summed E-state index contributed by atoms with van der Waals surface area (Å²) in [6.45, 7) is 1.95. The molecule has 1 fully saturated rings. The molecule has 1 aromatic heterocycles. The second-order valence-corrected chi connectivity index (χ2v) is 3.94. The number of methoxy groups -OCH3 is 1. The van der Waals surface area contributed by atoms with Gasteiger partial charge in [0.1, 0.15) is 6.10 Å². The molecule has 0 amide bonds. The fraction of sp³-hybridized carbons (Fsp3) is 0.500. The minimum absolute atomic E-state index is 0.215. The van der Waals surface area contributed by atoms with Crippen molar-refractivity contribution in [2.24, 2.45) is 0 Å². The lowest BCUT2D eigenvalue weighted by molar-refractivity contribution is 0.0600. The van der Waals surface area contributed by atoms with Gasteiger partial charge in [-0.25, -0.2) is 9.78 Å².